The number of nitrogens with one attached hydrogen (secondary N) is 1. The number of hydrogen-bond donors (Lipinski definition) is 1. The maximum absolute atomic E-state index is 12.2. The van der Waals surface area contributed by atoms with Crippen molar-refractivity contribution < 1.29 is 14.5 Å². The SMILES string of the molecule is CC1CN(C(=O)c2ccc([N+](=O)[O-])[nH]2)CC(CCl)O1. The Morgan fingerprint density at radius 2 is 2.37 bits per heavy atom. The first-order valence-corrected chi connectivity index (χ1v) is 6.38. The lowest BCUT2D eigenvalue weighted by molar-refractivity contribution is -0.389. The van der Waals surface area contributed by atoms with Gasteiger partial charge in [0.1, 0.15) is 0 Å². The molecule has 1 aromatic heterocycles. The van der Waals surface area contributed by atoms with E-state index < -0.39 is 4.92 Å². The minimum atomic E-state index is -0.569. The highest BCUT2D eigenvalue weighted by Gasteiger charge is 2.30. The summed E-state index contributed by atoms with van der Waals surface area (Å²) < 4.78 is 5.55. The van der Waals surface area contributed by atoms with Gasteiger partial charge in [0.2, 0.25) is 0 Å². The van der Waals surface area contributed by atoms with Crippen molar-refractivity contribution in [3.8, 4) is 0 Å². The summed E-state index contributed by atoms with van der Waals surface area (Å²) in [4.78, 5) is 26.3. The molecule has 2 atom stereocenters. The van der Waals surface area contributed by atoms with Crippen LogP contribution in [0.25, 0.3) is 0 Å². The number of ether oxygens (including phenoxy) is 1. The molecule has 1 N–H and O–H groups in total. The van der Waals surface area contributed by atoms with Crippen LogP contribution in [0.3, 0.4) is 0 Å². The highest BCUT2D eigenvalue weighted by molar-refractivity contribution is 6.18. The molecule has 0 aromatic carbocycles. The van der Waals surface area contributed by atoms with Gasteiger partial charge < -0.3 is 19.8 Å². The topological polar surface area (TPSA) is 88.5 Å². The molecule has 8 heteroatoms. The number of alkyl halides is 1. The Bertz CT molecular complexity index is 490. The number of amides is 1. The first-order valence-electron chi connectivity index (χ1n) is 5.85. The van der Waals surface area contributed by atoms with E-state index in [1.165, 1.54) is 12.1 Å². The van der Waals surface area contributed by atoms with Crippen LogP contribution in [0.4, 0.5) is 5.82 Å². The van der Waals surface area contributed by atoms with Crippen molar-refractivity contribution in [2.75, 3.05) is 19.0 Å². The molecule has 19 heavy (non-hydrogen) atoms. The van der Waals surface area contributed by atoms with Crippen LogP contribution < -0.4 is 0 Å². The van der Waals surface area contributed by atoms with Crippen LogP contribution in [-0.4, -0.2) is 51.9 Å². The Labute approximate surface area is 114 Å². The normalized spacial score (nSPS) is 23.4. The number of rotatable bonds is 3. The summed E-state index contributed by atoms with van der Waals surface area (Å²) in [6, 6.07) is 2.69. The number of carbonyl (C=O) groups is 1. The smallest absolute Gasteiger partial charge is 0.321 e. The van der Waals surface area contributed by atoms with E-state index in [1.54, 1.807) is 4.90 Å². The predicted molar refractivity (Wildman–Crippen MR) is 68.4 cm³/mol. The number of nitro groups is 1. The molecule has 1 saturated heterocycles. The van der Waals surface area contributed by atoms with Crippen LogP contribution in [0, 0.1) is 10.1 Å². The molecular formula is C11H14ClN3O4. The van der Waals surface area contributed by atoms with E-state index in [-0.39, 0.29) is 29.6 Å². The Morgan fingerprint density at radius 1 is 1.63 bits per heavy atom. The van der Waals surface area contributed by atoms with E-state index in [1.807, 2.05) is 6.92 Å². The van der Waals surface area contributed by atoms with E-state index in [2.05, 4.69) is 4.98 Å². The first-order chi connectivity index (χ1) is 9.01. The molecule has 0 bridgehead atoms. The second kappa shape index (κ2) is 5.58. The minimum absolute atomic E-state index is 0.105. The molecule has 0 saturated carbocycles. The van der Waals surface area contributed by atoms with Crippen molar-refractivity contribution in [1.29, 1.82) is 0 Å². The maximum Gasteiger partial charge on any atom is 0.321 e. The number of aromatic nitrogens is 1. The lowest BCUT2D eigenvalue weighted by Gasteiger charge is -2.35. The average Bonchev–Trinajstić information content (AvgIpc) is 2.86. The van der Waals surface area contributed by atoms with Gasteiger partial charge in [0, 0.05) is 19.2 Å². The van der Waals surface area contributed by atoms with Gasteiger partial charge in [0.25, 0.3) is 5.91 Å². The quantitative estimate of drug-likeness (QED) is 0.517. The number of halogens is 1. The van der Waals surface area contributed by atoms with Crippen molar-refractivity contribution in [3.63, 3.8) is 0 Å². The molecule has 7 nitrogen and oxygen atoms in total. The van der Waals surface area contributed by atoms with Gasteiger partial charge in [-0.1, -0.05) is 0 Å². The largest absolute Gasteiger partial charge is 0.370 e. The molecule has 1 aliphatic heterocycles. The second-order valence-electron chi connectivity index (χ2n) is 4.45. The van der Waals surface area contributed by atoms with Crippen LogP contribution in [0.2, 0.25) is 0 Å². The van der Waals surface area contributed by atoms with Gasteiger partial charge in [0.05, 0.1) is 18.1 Å². The van der Waals surface area contributed by atoms with Crippen LogP contribution in [0.5, 0.6) is 0 Å². The van der Waals surface area contributed by atoms with Gasteiger partial charge in [-0.15, -0.1) is 11.6 Å². The second-order valence-corrected chi connectivity index (χ2v) is 4.76. The summed E-state index contributed by atoms with van der Waals surface area (Å²) >= 11 is 5.75. The van der Waals surface area contributed by atoms with E-state index in [0.717, 1.165) is 0 Å². The van der Waals surface area contributed by atoms with Gasteiger partial charge >= 0.3 is 5.82 Å². The summed E-state index contributed by atoms with van der Waals surface area (Å²) in [6.45, 7) is 2.69. The third kappa shape index (κ3) is 3.05. The Hall–Kier alpha value is -1.60. The highest BCUT2D eigenvalue weighted by atomic mass is 35.5. The van der Waals surface area contributed by atoms with Gasteiger partial charge in [-0.2, -0.15) is 0 Å². The monoisotopic (exact) mass is 287 g/mol. The summed E-state index contributed by atoms with van der Waals surface area (Å²) in [5.74, 6) is -0.171. The summed E-state index contributed by atoms with van der Waals surface area (Å²) in [5, 5.41) is 10.6. The van der Waals surface area contributed by atoms with E-state index >= 15 is 0 Å². The summed E-state index contributed by atoms with van der Waals surface area (Å²) in [6.07, 6.45) is -0.314. The van der Waals surface area contributed by atoms with Crippen LogP contribution in [-0.2, 0) is 4.74 Å². The molecular weight excluding hydrogens is 274 g/mol. The molecule has 2 unspecified atom stereocenters. The van der Waals surface area contributed by atoms with Gasteiger partial charge in [-0.3, -0.25) is 4.79 Å². The van der Waals surface area contributed by atoms with Crippen molar-refractivity contribution in [3.05, 3.63) is 27.9 Å². The minimum Gasteiger partial charge on any atom is -0.370 e. The number of morpholine rings is 1. The molecule has 1 aliphatic rings. The number of carbonyl (C=O) groups excluding carboxylic acids is 1. The van der Waals surface area contributed by atoms with Gasteiger partial charge in [-0.05, 0) is 17.9 Å². The first kappa shape index (κ1) is 13.8. The number of nitrogens with zero attached hydrogens (tertiary/aromatic N) is 2. The molecule has 2 heterocycles. The van der Waals surface area contributed by atoms with Crippen LogP contribution >= 0.6 is 11.6 Å². The molecule has 0 spiro atoms. The Morgan fingerprint density at radius 3 is 2.95 bits per heavy atom. The number of H-pyrrole nitrogens is 1. The zero-order chi connectivity index (χ0) is 14.0. The van der Waals surface area contributed by atoms with Crippen LogP contribution in [0.1, 0.15) is 17.4 Å². The summed E-state index contributed by atoms with van der Waals surface area (Å²) in [7, 11) is 0. The molecule has 1 amide bonds. The zero-order valence-corrected chi connectivity index (χ0v) is 11.1. The molecule has 1 aromatic rings. The third-order valence-corrected chi connectivity index (χ3v) is 3.23. The fourth-order valence-electron chi connectivity index (χ4n) is 2.08. The van der Waals surface area contributed by atoms with Crippen molar-refractivity contribution in [2.45, 2.75) is 19.1 Å². The molecule has 104 valence electrons. The van der Waals surface area contributed by atoms with E-state index in [9.17, 15) is 14.9 Å². The van der Waals surface area contributed by atoms with E-state index in [4.69, 9.17) is 16.3 Å². The van der Waals surface area contributed by atoms with Crippen molar-refractivity contribution in [2.24, 2.45) is 0 Å². The Balaban J connectivity index is 2.11. The molecule has 2 rings (SSSR count). The van der Waals surface area contributed by atoms with Gasteiger partial charge in [-0.25, -0.2) is 4.98 Å². The lowest BCUT2D eigenvalue weighted by atomic mass is 10.2. The standard InChI is InChI=1S/C11H14ClN3O4/c1-7-5-14(6-8(4-12)19-7)11(16)9-2-3-10(13-9)15(17)18/h2-3,7-8,13H,4-6H2,1H3. The van der Waals surface area contributed by atoms with Crippen molar-refractivity contribution >= 4 is 23.3 Å². The molecule has 0 aliphatic carbocycles. The van der Waals surface area contributed by atoms with Gasteiger partial charge in [0.15, 0.2) is 5.69 Å². The fourth-order valence-corrected chi connectivity index (χ4v) is 2.25. The molecule has 0 radical (unpaired) electrons. The average molecular weight is 288 g/mol. The number of hydrogen-bond acceptors (Lipinski definition) is 4. The zero-order valence-electron chi connectivity index (χ0n) is 10.3. The van der Waals surface area contributed by atoms with E-state index in [0.29, 0.717) is 19.0 Å². The Kier molecular flexibility index (Phi) is 4.06. The summed E-state index contributed by atoms with van der Waals surface area (Å²) in [5.41, 5.74) is 0.203. The van der Waals surface area contributed by atoms with Crippen LogP contribution in [0.15, 0.2) is 12.1 Å². The number of aromatic amines is 1. The predicted octanol–water partition coefficient (Wildman–Crippen LogP) is 1.39. The third-order valence-electron chi connectivity index (χ3n) is 2.88. The lowest BCUT2D eigenvalue weighted by Crippen LogP contribution is -2.49. The van der Waals surface area contributed by atoms with Crippen molar-refractivity contribution in [1.82, 2.24) is 9.88 Å². The maximum atomic E-state index is 12.2. The fraction of sp³-hybridized carbons (Fsp3) is 0.545. The molecule has 1 fully saturated rings. The highest BCUT2D eigenvalue weighted by Crippen LogP contribution is 2.17.